The van der Waals surface area contributed by atoms with Crippen molar-refractivity contribution in [2.45, 2.75) is 6.42 Å². The first-order chi connectivity index (χ1) is 7.20. The standard InChI is InChI=1S/C9H9Br2N3O/c10-2-6-1-8(15)14(5-6)9-12-3-7(11)4-13-9/h3-4,6H,1-2,5H2. The number of aromatic nitrogens is 2. The number of hydrogen-bond donors (Lipinski definition) is 0. The lowest BCUT2D eigenvalue weighted by molar-refractivity contribution is -0.117. The molecule has 0 spiro atoms. The van der Waals surface area contributed by atoms with Crippen molar-refractivity contribution in [2.24, 2.45) is 5.92 Å². The highest BCUT2D eigenvalue weighted by Crippen LogP contribution is 2.23. The number of carbonyl (C=O) groups excluding carboxylic acids is 1. The van der Waals surface area contributed by atoms with Crippen molar-refractivity contribution in [1.82, 2.24) is 9.97 Å². The second-order valence-electron chi connectivity index (χ2n) is 3.43. The summed E-state index contributed by atoms with van der Waals surface area (Å²) in [5.41, 5.74) is 0. The minimum Gasteiger partial charge on any atom is -0.280 e. The van der Waals surface area contributed by atoms with Crippen LogP contribution >= 0.6 is 31.9 Å². The molecule has 0 aromatic carbocycles. The highest BCUT2D eigenvalue weighted by molar-refractivity contribution is 9.10. The Labute approximate surface area is 104 Å². The monoisotopic (exact) mass is 333 g/mol. The minimum absolute atomic E-state index is 0.0989. The molecule has 0 bridgehead atoms. The molecule has 4 nitrogen and oxygen atoms in total. The average molecular weight is 335 g/mol. The SMILES string of the molecule is O=C1CC(CBr)CN1c1ncc(Br)cn1. The molecule has 1 amide bonds. The van der Waals surface area contributed by atoms with Gasteiger partial charge in [0, 0.05) is 30.7 Å². The van der Waals surface area contributed by atoms with Gasteiger partial charge < -0.3 is 0 Å². The molecule has 2 heterocycles. The van der Waals surface area contributed by atoms with Crippen molar-refractivity contribution in [1.29, 1.82) is 0 Å². The predicted octanol–water partition coefficient (Wildman–Crippen LogP) is 1.99. The van der Waals surface area contributed by atoms with Gasteiger partial charge >= 0.3 is 0 Å². The summed E-state index contributed by atoms with van der Waals surface area (Å²) < 4.78 is 0.815. The van der Waals surface area contributed by atoms with Crippen LogP contribution in [-0.2, 0) is 4.79 Å². The molecule has 6 heteroatoms. The Bertz CT molecular complexity index is 368. The van der Waals surface area contributed by atoms with E-state index in [1.54, 1.807) is 17.3 Å². The van der Waals surface area contributed by atoms with Crippen LogP contribution in [0.4, 0.5) is 5.95 Å². The molecule has 2 rings (SSSR count). The molecule has 1 unspecified atom stereocenters. The van der Waals surface area contributed by atoms with Crippen LogP contribution in [0.3, 0.4) is 0 Å². The molecule has 1 atom stereocenters. The number of halogens is 2. The van der Waals surface area contributed by atoms with Gasteiger partial charge in [0.15, 0.2) is 0 Å². The Hall–Kier alpha value is -0.490. The van der Waals surface area contributed by atoms with E-state index in [-0.39, 0.29) is 5.91 Å². The number of nitrogens with zero attached hydrogens (tertiary/aromatic N) is 3. The number of alkyl halides is 1. The van der Waals surface area contributed by atoms with E-state index in [0.29, 0.717) is 24.8 Å². The van der Waals surface area contributed by atoms with E-state index in [1.165, 1.54) is 0 Å². The van der Waals surface area contributed by atoms with Gasteiger partial charge in [0.1, 0.15) is 0 Å². The molecule has 1 aromatic heterocycles. The Morgan fingerprint density at radius 2 is 2.13 bits per heavy atom. The van der Waals surface area contributed by atoms with Gasteiger partial charge in [-0.1, -0.05) is 15.9 Å². The predicted molar refractivity (Wildman–Crippen MR) is 64.0 cm³/mol. The van der Waals surface area contributed by atoms with Gasteiger partial charge in [0.25, 0.3) is 0 Å². The van der Waals surface area contributed by atoms with Gasteiger partial charge in [0.2, 0.25) is 11.9 Å². The number of rotatable bonds is 2. The molecule has 0 aliphatic carbocycles. The van der Waals surface area contributed by atoms with Gasteiger partial charge in [-0.3, -0.25) is 9.69 Å². The second-order valence-corrected chi connectivity index (χ2v) is 4.99. The van der Waals surface area contributed by atoms with Crippen LogP contribution in [0.15, 0.2) is 16.9 Å². The van der Waals surface area contributed by atoms with Crippen molar-refractivity contribution in [3.05, 3.63) is 16.9 Å². The van der Waals surface area contributed by atoms with E-state index in [9.17, 15) is 4.79 Å². The average Bonchev–Trinajstić information content (AvgIpc) is 2.61. The normalized spacial score (nSPS) is 21.1. The summed E-state index contributed by atoms with van der Waals surface area (Å²) in [4.78, 5) is 21.5. The van der Waals surface area contributed by atoms with Crippen LogP contribution in [0.1, 0.15) is 6.42 Å². The molecular formula is C9H9Br2N3O. The van der Waals surface area contributed by atoms with Crippen LogP contribution in [0.5, 0.6) is 0 Å². The minimum atomic E-state index is 0.0989. The molecule has 0 saturated carbocycles. The van der Waals surface area contributed by atoms with Crippen molar-refractivity contribution in [3.63, 3.8) is 0 Å². The Balaban J connectivity index is 2.18. The number of amides is 1. The highest BCUT2D eigenvalue weighted by Gasteiger charge is 2.31. The van der Waals surface area contributed by atoms with Gasteiger partial charge in [0.05, 0.1) is 4.47 Å². The quantitative estimate of drug-likeness (QED) is 0.777. The van der Waals surface area contributed by atoms with Gasteiger partial charge in [-0.15, -0.1) is 0 Å². The lowest BCUT2D eigenvalue weighted by atomic mass is 10.2. The summed E-state index contributed by atoms with van der Waals surface area (Å²) in [6, 6.07) is 0. The lowest BCUT2D eigenvalue weighted by Gasteiger charge is -2.13. The smallest absolute Gasteiger partial charge is 0.232 e. The molecule has 1 aliphatic rings. The van der Waals surface area contributed by atoms with Gasteiger partial charge in [-0.05, 0) is 21.8 Å². The van der Waals surface area contributed by atoms with E-state index in [0.717, 1.165) is 9.80 Å². The fourth-order valence-corrected chi connectivity index (χ4v) is 2.16. The largest absolute Gasteiger partial charge is 0.280 e. The molecule has 1 aliphatic heterocycles. The number of carbonyl (C=O) groups is 1. The van der Waals surface area contributed by atoms with Crippen LogP contribution < -0.4 is 4.90 Å². The number of anilines is 1. The molecular weight excluding hydrogens is 326 g/mol. The molecule has 1 saturated heterocycles. The zero-order valence-electron chi connectivity index (χ0n) is 7.86. The van der Waals surface area contributed by atoms with Crippen molar-refractivity contribution in [3.8, 4) is 0 Å². The van der Waals surface area contributed by atoms with Crippen molar-refractivity contribution < 1.29 is 4.79 Å². The van der Waals surface area contributed by atoms with Gasteiger partial charge in [-0.2, -0.15) is 0 Å². The summed E-state index contributed by atoms with van der Waals surface area (Å²) in [6.45, 7) is 0.700. The van der Waals surface area contributed by atoms with Crippen LogP contribution in [0.2, 0.25) is 0 Å². The van der Waals surface area contributed by atoms with E-state index in [2.05, 4.69) is 41.8 Å². The molecule has 1 fully saturated rings. The summed E-state index contributed by atoms with van der Waals surface area (Å²) >= 11 is 6.65. The first kappa shape index (κ1) is 11.0. The fourth-order valence-electron chi connectivity index (χ4n) is 1.52. The maximum atomic E-state index is 11.6. The Morgan fingerprint density at radius 3 is 2.67 bits per heavy atom. The van der Waals surface area contributed by atoms with Crippen molar-refractivity contribution >= 4 is 43.7 Å². The summed E-state index contributed by atoms with van der Waals surface area (Å²) in [5.74, 6) is 0.957. The number of hydrogen-bond acceptors (Lipinski definition) is 3. The Kier molecular flexibility index (Phi) is 3.35. The summed E-state index contributed by atoms with van der Waals surface area (Å²) in [5, 5.41) is 0.839. The van der Waals surface area contributed by atoms with Crippen LogP contribution in [0, 0.1) is 5.92 Å². The summed E-state index contributed by atoms with van der Waals surface area (Å²) in [7, 11) is 0. The molecule has 0 N–H and O–H groups in total. The molecule has 80 valence electrons. The van der Waals surface area contributed by atoms with E-state index in [4.69, 9.17) is 0 Å². The maximum Gasteiger partial charge on any atom is 0.232 e. The third-order valence-corrected chi connectivity index (χ3v) is 3.60. The molecule has 0 radical (unpaired) electrons. The van der Waals surface area contributed by atoms with Crippen molar-refractivity contribution in [2.75, 3.05) is 16.8 Å². The zero-order chi connectivity index (χ0) is 10.8. The third kappa shape index (κ3) is 2.36. The molecule has 1 aromatic rings. The van der Waals surface area contributed by atoms with Crippen LogP contribution in [-0.4, -0.2) is 27.7 Å². The first-order valence-electron chi connectivity index (χ1n) is 4.54. The van der Waals surface area contributed by atoms with E-state index in [1.807, 2.05) is 0 Å². The van der Waals surface area contributed by atoms with E-state index >= 15 is 0 Å². The van der Waals surface area contributed by atoms with E-state index < -0.39 is 0 Å². The third-order valence-electron chi connectivity index (χ3n) is 2.27. The Morgan fingerprint density at radius 1 is 1.47 bits per heavy atom. The maximum absolute atomic E-state index is 11.6. The first-order valence-corrected chi connectivity index (χ1v) is 6.46. The summed E-state index contributed by atoms with van der Waals surface area (Å²) in [6.07, 6.45) is 3.87. The van der Waals surface area contributed by atoms with Gasteiger partial charge in [-0.25, -0.2) is 9.97 Å². The topological polar surface area (TPSA) is 46.1 Å². The molecule has 15 heavy (non-hydrogen) atoms. The lowest BCUT2D eigenvalue weighted by Crippen LogP contribution is -2.26. The fraction of sp³-hybridized carbons (Fsp3) is 0.444. The highest BCUT2D eigenvalue weighted by atomic mass is 79.9. The second kappa shape index (κ2) is 4.57. The zero-order valence-corrected chi connectivity index (χ0v) is 11.0. The van der Waals surface area contributed by atoms with Crippen LogP contribution in [0.25, 0.3) is 0 Å².